The van der Waals surface area contributed by atoms with Crippen LogP contribution in [-0.2, 0) is 29.1 Å². The van der Waals surface area contributed by atoms with Crippen LogP contribution in [0.15, 0.2) is 91.1 Å². The number of hydrogen-bond acceptors (Lipinski definition) is 4. The summed E-state index contributed by atoms with van der Waals surface area (Å²) >= 11 is 0. The predicted octanol–water partition coefficient (Wildman–Crippen LogP) is 4.58. The van der Waals surface area contributed by atoms with Crippen LogP contribution in [0.1, 0.15) is 29.3 Å². The van der Waals surface area contributed by atoms with Crippen LogP contribution in [0.25, 0.3) is 11.1 Å². The fourth-order valence-corrected chi connectivity index (χ4v) is 4.41. The second kappa shape index (κ2) is 10.4. The molecule has 0 fully saturated rings. The summed E-state index contributed by atoms with van der Waals surface area (Å²) in [5.41, 5.74) is 5.46. The van der Waals surface area contributed by atoms with Gasteiger partial charge in [0.1, 0.15) is 0 Å². The predicted molar refractivity (Wildman–Crippen MR) is 131 cm³/mol. The third kappa shape index (κ3) is 5.24. The molecular weight excluding hydrogens is 424 g/mol. The van der Waals surface area contributed by atoms with E-state index in [4.69, 9.17) is 4.74 Å². The van der Waals surface area contributed by atoms with E-state index in [2.05, 4.69) is 52.0 Å². The number of benzene rings is 3. The third-order valence-electron chi connectivity index (χ3n) is 6.35. The number of rotatable bonds is 4. The molecule has 0 saturated carbocycles. The van der Waals surface area contributed by atoms with Gasteiger partial charge in [-0.25, -0.2) is 4.68 Å². The molecule has 6 heteroatoms. The number of nitrogens with zero attached hydrogens (tertiary/aromatic N) is 3. The zero-order valence-corrected chi connectivity index (χ0v) is 19.0. The normalized spacial score (nSPS) is 19.0. The van der Waals surface area contributed by atoms with Gasteiger partial charge in [-0.15, -0.1) is 5.10 Å². The lowest BCUT2D eigenvalue weighted by atomic mass is 9.93. The van der Waals surface area contributed by atoms with Crippen LogP contribution in [0.5, 0.6) is 0 Å². The minimum Gasteiger partial charge on any atom is -0.373 e. The Morgan fingerprint density at radius 2 is 1.62 bits per heavy atom. The fourth-order valence-electron chi connectivity index (χ4n) is 4.41. The van der Waals surface area contributed by atoms with Crippen molar-refractivity contribution in [2.24, 2.45) is 5.92 Å². The molecule has 1 amide bonds. The highest BCUT2D eigenvalue weighted by Crippen LogP contribution is 2.23. The van der Waals surface area contributed by atoms with E-state index in [0.717, 1.165) is 16.8 Å². The molecule has 0 bridgehead atoms. The van der Waals surface area contributed by atoms with Gasteiger partial charge < -0.3 is 10.1 Å². The summed E-state index contributed by atoms with van der Waals surface area (Å²) in [5, 5.41) is 11.5. The minimum atomic E-state index is -0.209. The Balaban J connectivity index is 1.37. The first kappa shape index (κ1) is 22.0. The van der Waals surface area contributed by atoms with Gasteiger partial charge in [-0.3, -0.25) is 4.79 Å². The van der Waals surface area contributed by atoms with Crippen LogP contribution >= 0.6 is 0 Å². The number of carbonyl (C=O) groups is 1. The number of amides is 1. The van der Waals surface area contributed by atoms with E-state index in [1.54, 1.807) is 6.20 Å². The zero-order chi connectivity index (χ0) is 23.2. The Bertz CT molecular complexity index is 1210. The molecule has 1 N–H and O–H groups in total. The molecule has 0 saturated heterocycles. The molecule has 1 aliphatic heterocycles. The van der Waals surface area contributed by atoms with E-state index in [1.807, 2.05) is 53.2 Å². The van der Waals surface area contributed by atoms with E-state index in [-0.39, 0.29) is 17.9 Å². The Morgan fingerprint density at radius 1 is 0.912 bits per heavy atom. The molecule has 0 spiro atoms. The monoisotopic (exact) mass is 452 g/mol. The molecule has 6 nitrogen and oxygen atoms in total. The van der Waals surface area contributed by atoms with Crippen molar-refractivity contribution in [2.75, 3.05) is 6.61 Å². The van der Waals surface area contributed by atoms with Crippen LogP contribution in [0.3, 0.4) is 0 Å². The Kier molecular flexibility index (Phi) is 6.77. The summed E-state index contributed by atoms with van der Waals surface area (Å²) in [6.45, 7) is 1.42. The van der Waals surface area contributed by atoms with Crippen LogP contribution in [0, 0.1) is 5.92 Å². The maximum atomic E-state index is 13.5. The highest BCUT2D eigenvalue weighted by atomic mass is 16.5. The van der Waals surface area contributed by atoms with Crippen LogP contribution in [0.4, 0.5) is 0 Å². The molecule has 2 atom stereocenters. The van der Waals surface area contributed by atoms with Crippen LogP contribution in [-0.4, -0.2) is 27.5 Å². The quantitative estimate of drug-likeness (QED) is 0.492. The average Bonchev–Trinajstić information content (AvgIpc) is 3.33. The average molecular weight is 453 g/mol. The maximum absolute atomic E-state index is 13.5. The molecule has 4 aromatic rings. The summed E-state index contributed by atoms with van der Waals surface area (Å²) in [5.74, 6) is -0.155. The van der Waals surface area contributed by atoms with Crippen molar-refractivity contribution in [2.45, 2.75) is 32.0 Å². The number of aromatic nitrogens is 3. The number of ether oxygens (including phenoxy) is 1. The zero-order valence-electron chi connectivity index (χ0n) is 19.0. The molecule has 172 valence electrons. The molecule has 0 radical (unpaired) electrons. The molecular formula is C28H28N4O2. The van der Waals surface area contributed by atoms with Gasteiger partial charge in [0, 0.05) is 12.5 Å². The summed E-state index contributed by atoms with van der Waals surface area (Å²) in [6, 6.07) is 28.6. The first-order valence-electron chi connectivity index (χ1n) is 11.7. The number of fused-ring (bicyclic) bond motifs is 1. The molecule has 3 aromatic carbocycles. The van der Waals surface area contributed by atoms with E-state index < -0.39 is 0 Å². The lowest BCUT2D eigenvalue weighted by Crippen LogP contribution is -2.37. The standard InChI is InChI=1S/C28H28N4O2/c33-28-25(17-21-11-13-23(14-12-21)22-7-3-1-4-8-22)15-16-32-26(18-29-31-32)19-34-20-27(30-28)24-9-5-2-6-10-24/h1-14,18,25,27H,15-17,19-20H2,(H,30,33)/t25-,27+/m0/s1. The van der Waals surface area contributed by atoms with Crippen molar-refractivity contribution in [3.8, 4) is 11.1 Å². The number of carbonyl (C=O) groups excluding carboxylic acids is 1. The molecule has 34 heavy (non-hydrogen) atoms. The van der Waals surface area contributed by atoms with Crippen molar-refractivity contribution in [1.29, 1.82) is 0 Å². The van der Waals surface area contributed by atoms with Crippen molar-refractivity contribution in [3.63, 3.8) is 0 Å². The van der Waals surface area contributed by atoms with Gasteiger partial charge in [-0.1, -0.05) is 90.1 Å². The largest absolute Gasteiger partial charge is 0.373 e. The van der Waals surface area contributed by atoms with Gasteiger partial charge in [0.15, 0.2) is 0 Å². The van der Waals surface area contributed by atoms with Gasteiger partial charge in [0.2, 0.25) is 5.91 Å². The summed E-state index contributed by atoms with van der Waals surface area (Å²) < 4.78 is 7.81. The topological polar surface area (TPSA) is 69.0 Å². The second-order valence-electron chi connectivity index (χ2n) is 8.69. The van der Waals surface area contributed by atoms with Gasteiger partial charge >= 0.3 is 0 Å². The Labute approximate surface area is 199 Å². The van der Waals surface area contributed by atoms with Gasteiger partial charge in [0.25, 0.3) is 0 Å². The fraction of sp³-hybridized carbons (Fsp3) is 0.250. The van der Waals surface area contributed by atoms with Crippen LogP contribution < -0.4 is 5.32 Å². The number of aryl methyl sites for hydroxylation is 1. The van der Waals surface area contributed by atoms with E-state index in [9.17, 15) is 4.79 Å². The first-order chi connectivity index (χ1) is 16.8. The van der Waals surface area contributed by atoms with E-state index in [0.29, 0.717) is 32.6 Å². The highest BCUT2D eigenvalue weighted by Gasteiger charge is 2.25. The van der Waals surface area contributed by atoms with E-state index >= 15 is 0 Å². The SMILES string of the molecule is O=C1N[C@@H](c2ccccc2)COCc2cnnn2CC[C@H]1Cc1ccc(-c2ccccc2)cc1. The lowest BCUT2D eigenvalue weighted by molar-refractivity contribution is -0.126. The van der Waals surface area contributed by atoms with Gasteiger partial charge in [-0.05, 0) is 35.1 Å². The Hall–Kier alpha value is -3.77. The van der Waals surface area contributed by atoms with Crippen molar-refractivity contribution in [3.05, 3.63) is 108 Å². The maximum Gasteiger partial charge on any atom is 0.224 e. The van der Waals surface area contributed by atoms with Crippen LogP contribution in [0.2, 0.25) is 0 Å². The number of hydrogen-bond donors (Lipinski definition) is 1. The summed E-state index contributed by atoms with van der Waals surface area (Å²) in [4.78, 5) is 13.5. The minimum absolute atomic E-state index is 0.0353. The summed E-state index contributed by atoms with van der Waals surface area (Å²) in [7, 11) is 0. The molecule has 1 aromatic heterocycles. The van der Waals surface area contributed by atoms with Crippen molar-refractivity contribution < 1.29 is 9.53 Å². The van der Waals surface area contributed by atoms with Crippen molar-refractivity contribution in [1.82, 2.24) is 20.3 Å². The van der Waals surface area contributed by atoms with E-state index in [1.165, 1.54) is 11.1 Å². The first-order valence-corrected chi connectivity index (χ1v) is 11.7. The molecule has 0 aliphatic carbocycles. The molecule has 0 unspecified atom stereocenters. The van der Waals surface area contributed by atoms with Gasteiger partial charge in [-0.2, -0.15) is 0 Å². The molecule has 1 aliphatic rings. The van der Waals surface area contributed by atoms with Crippen molar-refractivity contribution >= 4 is 5.91 Å². The number of nitrogens with one attached hydrogen (secondary N) is 1. The summed E-state index contributed by atoms with van der Waals surface area (Å²) in [6.07, 6.45) is 3.07. The Morgan fingerprint density at radius 3 is 2.38 bits per heavy atom. The lowest BCUT2D eigenvalue weighted by Gasteiger charge is -2.23. The highest BCUT2D eigenvalue weighted by molar-refractivity contribution is 5.79. The molecule has 2 heterocycles. The molecule has 5 rings (SSSR count). The van der Waals surface area contributed by atoms with Gasteiger partial charge in [0.05, 0.1) is 31.1 Å². The smallest absolute Gasteiger partial charge is 0.224 e. The third-order valence-corrected chi connectivity index (χ3v) is 6.35. The second-order valence-corrected chi connectivity index (χ2v) is 8.69.